The Morgan fingerprint density at radius 3 is 2.74 bits per heavy atom. The molecule has 3 aromatic heterocycles. The van der Waals surface area contributed by atoms with E-state index in [-0.39, 0.29) is 5.91 Å². The van der Waals surface area contributed by atoms with Crippen LogP contribution in [0.3, 0.4) is 0 Å². The first kappa shape index (κ1) is 25.4. The molecule has 0 aliphatic carbocycles. The Kier molecular flexibility index (Phi) is 7.49. The van der Waals surface area contributed by atoms with Crippen LogP contribution in [0, 0.1) is 0 Å². The third-order valence-electron chi connectivity index (χ3n) is 7.55. The third-order valence-corrected chi connectivity index (χ3v) is 7.55. The van der Waals surface area contributed by atoms with Crippen LogP contribution in [0.4, 0.5) is 11.5 Å². The fraction of sp³-hybridized carbons (Fsp3) is 0.379. The van der Waals surface area contributed by atoms with E-state index in [1.165, 1.54) is 12.8 Å². The molecule has 6 rings (SSSR count). The van der Waals surface area contributed by atoms with Gasteiger partial charge < -0.3 is 25.3 Å². The Labute approximate surface area is 227 Å². The summed E-state index contributed by atoms with van der Waals surface area (Å²) in [7, 11) is 2.02. The number of carbonyl (C=O) groups is 1. The summed E-state index contributed by atoms with van der Waals surface area (Å²) in [5.41, 5.74) is 4.99. The molecule has 10 heteroatoms. The highest BCUT2D eigenvalue weighted by Gasteiger charge is 2.20. The molecule has 5 heterocycles. The van der Waals surface area contributed by atoms with Crippen molar-refractivity contribution < 1.29 is 9.53 Å². The molecule has 3 N–H and O–H groups in total. The van der Waals surface area contributed by atoms with E-state index in [1.54, 1.807) is 12.5 Å². The first-order valence-electron chi connectivity index (χ1n) is 13.6. The lowest BCUT2D eigenvalue weighted by molar-refractivity contribution is 0.102. The summed E-state index contributed by atoms with van der Waals surface area (Å²) in [5, 5.41) is 7.36. The number of hydrogen-bond donors (Lipinski definition) is 3. The molecule has 0 spiro atoms. The first-order valence-corrected chi connectivity index (χ1v) is 13.6. The molecule has 2 saturated heterocycles. The summed E-state index contributed by atoms with van der Waals surface area (Å²) in [6.45, 7) is 5.94. The number of pyridine rings is 1. The van der Waals surface area contributed by atoms with E-state index in [2.05, 4.69) is 46.4 Å². The van der Waals surface area contributed by atoms with Crippen molar-refractivity contribution in [3.05, 3.63) is 66.2 Å². The number of likely N-dealkylation sites (tertiary alicyclic amines) is 1. The van der Waals surface area contributed by atoms with Crippen LogP contribution in [0.1, 0.15) is 28.9 Å². The van der Waals surface area contributed by atoms with Gasteiger partial charge in [-0.05, 0) is 67.9 Å². The average Bonchev–Trinajstić information content (AvgIpc) is 3.43. The number of carbonyl (C=O) groups excluding carboxylic acids is 1. The van der Waals surface area contributed by atoms with Crippen LogP contribution < -0.4 is 15.5 Å². The zero-order chi connectivity index (χ0) is 26.6. The SMILES string of the molecule is CN[C@@H]1CCCN(Cc2ccnc(C(=O)Nc3ccc(-c4cc5c(N6CCOCC6)ncnc5[nH]4)cc3)c2)C1. The van der Waals surface area contributed by atoms with Gasteiger partial charge in [0.1, 0.15) is 23.5 Å². The van der Waals surface area contributed by atoms with Crippen LogP contribution in [0.5, 0.6) is 0 Å². The highest BCUT2D eigenvalue weighted by molar-refractivity contribution is 6.03. The van der Waals surface area contributed by atoms with Crippen molar-refractivity contribution in [1.29, 1.82) is 0 Å². The van der Waals surface area contributed by atoms with Crippen molar-refractivity contribution in [1.82, 2.24) is 30.2 Å². The van der Waals surface area contributed by atoms with Crippen LogP contribution in [0.15, 0.2) is 55.0 Å². The Balaban J connectivity index is 1.13. The van der Waals surface area contributed by atoms with Gasteiger partial charge in [0.05, 0.1) is 18.6 Å². The molecule has 0 saturated carbocycles. The second-order valence-electron chi connectivity index (χ2n) is 10.2. The summed E-state index contributed by atoms with van der Waals surface area (Å²) in [6.07, 6.45) is 5.71. The Morgan fingerprint density at radius 1 is 1.08 bits per heavy atom. The number of amides is 1. The van der Waals surface area contributed by atoms with Crippen molar-refractivity contribution in [2.24, 2.45) is 0 Å². The summed E-state index contributed by atoms with van der Waals surface area (Å²) in [6, 6.07) is 14.3. The largest absolute Gasteiger partial charge is 0.378 e. The maximum atomic E-state index is 13.0. The maximum Gasteiger partial charge on any atom is 0.274 e. The standard InChI is InChI=1S/C29H34N8O2/c1-30-23-3-2-10-36(18-23)17-20-8-9-31-26(15-20)29(38)34-22-6-4-21(5-7-22)25-16-24-27(35-25)32-19-33-28(24)37-11-13-39-14-12-37/h4-9,15-16,19,23,30H,2-3,10-14,17-18H2,1H3,(H,34,38)(H,32,33,35)/t23-/m1/s1. The molecule has 0 bridgehead atoms. The number of H-pyrrole nitrogens is 1. The predicted octanol–water partition coefficient (Wildman–Crippen LogP) is 3.29. The Bertz CT molecular complexity index is 1430. The number of rotatable bonds is 7. The number of morpholine rings is 1. The molecule has 39 heavy (non-hydrogen) atoms. The molecule has 0 radical (unpaired) electrons. The molecular weight excluding hydrogens is 492 g/mol. The fourth-order valence-electron chi connectivity index (χ4n) is 5.43. The molecule has 1 aromatic carbocycles. The minimum atomic E-state index is -0.215. The number of ether oxygens (including phenoxy) is 1. The van der Waals surface area contributed by atoms with Crippen molar-refractivity contribution in [3.8, 4) is 11.3 Å². The predicted molar refractivity (Wildman–Crippen MR) is 152 cm³/mol. The number of anilines is 2. The highest BCUT2D eigenvalue weighted by atomic mass is 16.5. The lowest BCUT2D eigenvalue weighted by atomic mass is 10.1. The molecule has 4 aromatic rings. The summed E-state index contributed by atoms with van der Waals surface area (Å²) in [5.74, 6) is 0.707. The molecule has 202 valence electrons. The number of aromatic amines is 1. The van der Waals surface area contributed by atoms with Crippen molar-refractivity contribution in [3.63, 3.8) is 0 Å². The normalized spacial score (nSPS) is 18.4. The van der Waals surface area contributed by atoms with Crippen molar-refractivity contribution >= 4 is 28.4 Å². The molecule has 2 aliphatic heterocycles. The van der Waals surface area contributed by atoms with E-state index in [9.17, 15) is 4.79 Å². The smallest absolute Gasteiger partial charge is 0.274 e. The monoisotopic (exact) mass is 526 g/mol. The highest BCUT2D eigenvalue weighted by Crippen LogP contribution is 2.29. The van der Waals surface area contributed by atoms with Gasteiger partial charge in [0, 0.05) is 49.8 Å². The van der Waals surface area contributed by atoms with E-state index in [0.717, 1.165) is 66.4 Å². The lowest BCUT2D eigenvalue weighted by Gasteiger charge is -2.32. The van der Waals surface area contributed by atoms with E-state index < -0.39 is 0 Å². The van der Waals surface area contributed by atoms with E-state index in [4.69, 9.17) is 4.74 Å². The van der Waals surface area contributed by atoms with Gasteiger partial charge in [0.2, 0.25) is 0 Å². The topological polar surface area (TPSA) is 111 Å². The summed E-state index contributed by atoms with van der Waals surface area (Å²) >= 11 is 0. The quantitative estimate of drug-likeness (QED) is 0.337. The molecule has 0 unspecified atom stereocenters. The van der Waals surface area contributed by atoms with Gasteiger partial charge >= 0.3 is 0 Å². The van der Waals surface area contributed by atoms with Crippen LogP contribution in [-0.2, 0) is 11.3 Å². The van der Waals surface area contributed by atoms with Gasteiger partial charge in [0.25, 0.3) is 5.91 Å². The number of piperidine rings is 1. The van der Waals surface area contributed by atoms with Gasteiger partial charge in [-0.15, -0.1) is 0 Å². The lowest BCUT2D eigenvalue weighted by Crippen LogP contribution is -2.43. The maximum absolute atomic E-state index is 13.0. The van der Waals surface area contributed by atoms with E-state index in [1.807, 2.05) is 43.4 Å². The number of benzene rings is 1. The van der Waals surface area contributed by atoms with Gasteiger partial charge in [0.15, 0.2) is 0 Å². The van der Waals surface area contributed by atoms with E-state index >= 15 is 0 Å². The molecule has 2 aliphatic rings. The molecule has 2 fully saturated rings. The van der Waals surface area contributed by atoms with Gasteiger partial charge in [-0.1, -0.05) is 12.1 Å². The third kappa shape index (κ3) is 5.78. The number of likely N-dealkylation sites (N-methyl/N-ethyl adjacent to an activating group) is 1. The number of fused-ring (bicyclic) bond motifs is 1. The minimum absolute atomic E-state index is 0.215. The minimum Gasteiger partial charge on any atom is -0.378 e. The van der Waals surface area contributed by atoms with Crippen molar-refractivity contribution in [2.75, 3.05) is 56.7 Å². The number of aromatic nitrogens is 4. The number of nitrogens with zero attached hydrogens (tertiary/aromatic N) is 5. The fourth-order valence-corrected chi connectivity index (χ4v) is 5.43. The Hall–Kier alpha value is -3.86. The molecule has 10 nitrogen and oxygen atoms in total. The van der Waals surface area contributed by atoms with Gasteiger partial charge in [-0.3, -0.25) is 14.7 Å². The average molecular weight is 527 g/mol. The second kappa shape index (κ2) is 11.5. The number of hydrogen-bond acceptors (Lipinski definition) is 8. The molecule has 1 amide bonds. The second-order valence-corrected chi connectivity index (χ2v) is 10.2. The van der Waals surface area contributed by atoms with Crippen LogP contribution >= 0.6 is 0 Å². The summed E-state index contributed by atoms with van der Waals surface area (Å²) < 4.78 is 5.49. The van der Waals surface area contributed by atoms with Crippen LogP contribution in [-0.4, -0.2) is 83.2 Å². The first-order chi connectivity index (χ1) is 19.2. The molecule has 1 atom stereocenters. The van der Waals surface area contributed by atoms with Crippen LogP contribution in [0.25, 0.3) is 22.3 Å². The van der Waals surface area contributed by atoms with Crippen LogP contribution in [0.2, 0.25) is 0 Å². The van der Waals surface area contributed by atoms with Crippen molar-refractivity contribution in [2.45, 2.75) is 25.4 Å². The summed E-state index contributed by atoms with van der Waals surface area (Å²) in [4.78, 5) is 34.4. The van der Waals surface area contributed by atoms with Gasteiger partial charge in [-0.2, -0.15) is 0 Å². The number of nitrogens with one attached hydrogen (secondary N) is 3. The van der Waals surface area contributed by atoms with Gasteiger partial charge in [-0.25, -0.2) is 9.97 Å². The molecular formula is C29H34N8O2. The van der Waals surface area contributed by atoms with E-state index in [0.29, 0.717) is 30.6 Å². The Morgan fingerprint density at radius 2 is 1.92 bits per heavy atom. The zero-order valence-electron chi connectivity index (χ0n) is 22.2. The zero-order valence-corrected chi connectivity index (χ0v) is 22.2.